The molecule has 1 aromatic carbocycles. The molecule has 0 unspecified atom stereocenters. The minimum Gasteiger partial charge on any atom is -0.508 e. The number of aliphatic hydroxyl groups excluding tert-OH is 1. The number of likely N-dealkylation sites (tertiary alicyclic amines) is 1. The third kappa shape index (κ3) is 3.34. The van der Waals surface area contributed by atoms with Crippen LogP contribution in [0, 0.1) is 5.92 Å². The summed E-state index contributed by atoms with van der Waals surface area (Å²) in [7, 11) is 0. The second kappa shape index (κ2) is 8.21. The van der Waals surface area contributed by atoms with E-state index in [1.165, 1.54) is 12.8 Å². The summed E-state index contributed by atoms with van der Waals surface area (Å²) in [5.41, 5.74) is 0.400. The molecule has 2 fully saturated rings. The highest BCUT2D eigenvalue weighted by Crippen LogP contribution is 2.63. The lowest BCUT2D eigenvalue weighted by molar-refractivity contribution is -0.153. The molecule has 1 saturated heterocycles. The van der Waals surface area contributed by atoms with Gasteiger partial charge in [0.05, 0.1) is 28.8 Å². The van der Waals surface area contributed by atoms with Crippen molar-refractivity contribution in [3.8, 4) is 11.5 Å². The van der Waals surface area contributed by atoms with Crippen molar-refractivity contribution in [3.63, 3.8) is 0 Å². The van der Waals surface area contributed by atoms with Crippen LogP contribution >= 0.6 is 0 Å². The summed E-state index contributed by atoms with van der Waals surface area (Å²) in [6.07, 6.45) is 4.32. The molecule has 1 amide bonds. The van der Waals surface area contributed by atoms with Crippen LogP contribution in [-0.4, -0.2) is 61.9 Å². The maximum absolute atomic E-state index is 13.0. The Hall–Kier alpha value is -3.10. The number of pyridine rings is 1. The molecule has 8 heteroatoms. The highest BCUT2D eigenvalue weighted by Gasteiger charge is 2.69. The van der Waals surface area contributed by atoms with E-state index in [1.54, 1.807) is 25.3 Å². The van der Waals surface area contributed by atoms with Crippen molar-refractivity contribution in [2.45, 2.75) is 69.2 Å². The largest absolute Gasteiger partial charge is 0.508 e. The zero-order chi connectivity index (χ0) is 25.2. The van der Waals surface area contributed by atoms with Crippen LogP contribution in [0.1, 0.15) is 49.9 Å². The van der Waals surface area contributed by atoms with Crippen LogP contribution < -0.4 is 10.1 Å². The second-order valence-electron chi connectivity index (χ2n) is 11.0. The lowest BCUT2D eigenvalue weighted by atomic mass is 9.53. The number of fused-ring (bicyclic) bond motifs is 1. The number of benzene rings is 1. The van der Waals surface area contributed by atoms with E-state index in [4.69, 9.17) is 4.74 Å². The first-order valence-electron chi connectivity index (χ1n) is 12.8. The van der Waals surface area contributed by atoms with Crippen LogP contribution in [0.4, 0.5) is 0 Å². The van der Waals surface area contributed by atoms with E-state index in [2.05, 4.69) is 15.2 Å². The van der Waals surface area contributed by atoms with Gasteiger partial charge in [-0.2, -0.15) is 0 Å². The zero-order valence-corrected chi connectivity index (χ0v) is 20.7. The van der Waals surface area contributed by atoms with Gasteiger partial charge in [-0.3, -0.25) is 14.7 Å². The number of carbonyl (C=O) groups excluding carboxylic acids is 1. The van der Waals surface area contributed by atoms with Gasteiger partial charge in [0.25, 0.3) is 5.91 Å². The predicted octanol–water partition coefficient (Wildman–Crippen LogP) is 2.73. The standard InChI is InChI=1S/C28H33N3O5/c1-16(26(34)30-14-19-5-3-4-11-29-19)23(33)25-28-10-12-31(15-17-6-7-17)21(27(28,2)35)13-18-8-9-20(32)24(36-25)22(18)28/h3-5,8-9,11,17,21,25,32-33,35H,6-7,10,12-15H2,1-2H3,(H,30,34)/b23-16-/t21-,25+,27-,28+/m1/s1. The Morgan fingerprint density at radius 2 is 2.08 bits per heavy atom. The summed E-state index contributed by atoms with van der Waals surface area (Å²) < 4.78 is 6.27. The molecular formula is C28H33N3O5. The number of ether oxygens (including phenoxy) is 1. The lowest BCUT2D eigenvalue weighted by Crippen LogP contribution is -2.73. The number of phenols is 1. The van der Waals surface area contributed by atoms with E-state index in [-0.39, 0.29) is 29.7 Å². The number of hydrogen-bond acceptors (Lipinski definition) is 7. The number of aliphatic hydroxyl groups is 2. The highest BCUT2D eigenvalue weighted by molar-refractivity contribution is 5.93. The van der Waals surface area contributed by atoms with Gasteiger partial charge in [0.1, 0.15) is 5.76 Å². The molecule has 4 atom stereocenters. The van der Waals surface area contributed by atoms with Gasteiger partial charge in [0.2, 0.25) is 0 Å². The van der Waals surface area contributed by atoms with E-state index in [0.29, 0.717) is 30.2 Å². The second-order valence-corrected chi connectivity index (χ2v) is 11.0. The molecule has 2 aromatic rings. The van der Waals surface area contributed by atoms with Crippen LogP contribution in [-0.2, 0) is 23.2 Å². The minimum atomic E-state index is -1.24. The number of piperidine rings is 1. The number of amides is 1. The number of nitrogens with zero attached hydrogens (tertiary/aromatic N) is 2. The molecule has 6 rings (SSSR count). The maximum Gasteiger partial charge on any atom is 0.250 e. The fourth-order valence-corrected chi connectivity index (χ4v) is 6.69. The summed E-state index contributed by atoms with van der Waals surface area (Å²) in [6.45, 7) is 5.33. The third-order valence-corrected chi connectivity index (χ3v) is 8.87. The maximum atomic E-state index is 13.0. The average Bonchev–Trinajstić information content (AvgIpc) is 3.61. The van der Waals surface area contributed by atoms with Gasteiger partial charge >= 0.3 is 0 Å². The topological polar surface area (TPSA) is 115 Å². The van der Waals surface area contributed by atoms with E-state index < -0.39 is 23.0 Å². The Labute approximate surface area is 210 Å². The Balaban J connectivity index is 1.38. The van der Waals surface area contributed by atoms with Crippen LogP contribution in [0.15, 0.2) is 47.9 Å². The molecule has 4 aliphatic rings. The number of phenolic OH excluding ortho intramolecular Hbond substituents is 1. The minimum absolute atomic E-state index is 0.0182. The SMILES string of the molecule is C/C(C(=O)NCc1ccccn1)=C(/O)[C@@H]1Oc2c(O)ccc3c2[C@@]12CCN(CC1CC1)[C@H](C3)[C@@]2(C)O. The van der Waals surface area contributed by atoms with Gasteiger partial charge in [-0.15, -0.1) is 0 Å². The van der Waals surface area contributed by atoms with Gasteiger partial charge in [0.15, 0.2) is 17.6 Å². The molecule has 190 valence electrons. The van der Waals surface area contributed by atoms with Gasteiger partial charge in [-0.25, -0.2) is 0 Å². The Morgan fingerprint density at radius 3 is 2.81 bits per heavy atom. The smallest absolute Gasteiger partial charge is 0.250 e. The van der Waals surface area contributed by atoms with Crippen molar-refractivity contribution in [1.29, 1.82) is 0 Å². The quantitative estimate of drug-likeness (QED) is 0.363. The van der Waals surface area contributed by atoms with Crippen molar-refractivity contribution >= 4 is 5.91 Å². The van der Waals surface area contributed by atoms with Crippen molar-refractivity contribution in [1.82, 2.24) is 15.2 Å². The summed E-state index contributed by atoms with van der Waals surface area (Å²) >= 11 is 0. The van der Waals surface area contributed by atoms with E-state index in [9.17, 15) is 20.1 Å². The van der Waals surface area contributed by atoms with Gasteiger partial charge in [-0.05, 0) is 75.8 Å². The first-order valence-corrected chi connectivity index (χ1v) is 12.8. The third-order valence-electron chi connectivity index (χ3n) is 8.87. The molecule has 8 nitrogen and oxygen atoms in total. The summed E-state index contributed by atoms with van der Waals surface area (Å²) in [5, 5.41) is 37.2. The van der Waals surface area contributed by atoms with Crippen LogP contribution in [0.2, 0.25) is 0 Å². The average molecular weight is 492 g/mol. The van der Waals surface area contributed by atoms with Crippen molar-refractivity contribution in [3.05, 3.63) is 64.7 Å². The molecule has 4 N–H and O–H groups in total. The number of carbonyl (C=O) groups is 1. The predicted molar refractivity (Wildman–Crippen MR) is 133 cm³/mol. The van der Waals surface area contributed by atoms with Crippen LogP contribution in [0.5, 0.6) is 11.5 Å². The summed E-state index contributed by atoms with van der Waals surface area (Å²) in [5.74, 6) is 0.319. The van der Waals surface area contributed by atoms with E-state index >= 15 is 0 Å². The monoisotopic (exact) mass is 491 g/mol. The number of nitrogens with one attached hydrogen (secondary N) is 1. The van der Waals surface area contributed by atoms with Gasteiger partial charge in [-0.1, -0.05) is 12.1 Å². The zero-order valence-electron chi connectivity index (χ0n) is 20.7. The normalized spacial score (nSPS) is 31.3. The van der Waals surface area contributed by atoms with Crippen molar-refractivity contribution < 1.29 is 24.9 Å². The molecule has 2 aliphatic heterocycles. The van der Waals surface area contributed by atoms with Gasteiger partial charge < -0.3 is 25.4 Å². The van der Waals surface area contributed by atoms with Crippen LogP contribution in [0.25, 0.3) is 0 Å². The Bertz CT molecular complexity index is 1240. The van der Waals surface area contributed by atoms with Crippen LogP contribution in [0.3, 0.4) is 0 Å². The molecule has 1 aromatic heterocycles. The molecule has 36 heavy (non-hydrogen) atoms. The van der Waals surface area contributed by atoms with E-state index in [1.807, 2.05) is 25.1 Å². The summed E-state index contributed by atoms with van der Waals surface area (Å²) in [4.78, 5) is 19.6. The fourth-order valence-electron chi connectivity index (χ4n) is 6.69. The molecule has 1 saturated carbocycles. The summed E-state index contributed by atoms with van der Waals surface area (Å²) in [6, 6.07) is 8.85. The van der Waals surface area contributed by atoms with Crippen molar-refractivity contribution in [2.24, 2.45) is 5.92 Å². The number of hydrogen-bond donors (Lipinski definition) is 4. The number of rotatable bonds is 6. The molecule has 1 spiro atoms. The molecular weight excluding hydrogens is 458 g/mol. The Morgan fingerprint density at radius 1 is 1.28 bits per heavy atom. The highest BCUT2D eigenvalue weighted by atomic mass is 16.5. The fraction of sp³-hybridized carbons (Fsp3) is 0.500. The van der Waals surface area contributed by atoms with E-state index in [0.717, 1.165) is 24.2 Å². The molecule has 2 aliphatic carbocycles. The van der Waals surface area contributed by atoms with Crippen molar-refractivity contribution in [2.75, 3.05) is 13.1 Å². The first kappa shape index (κ1) is 23.3. The first-order chi connectivity index (χ1) is 17.2. The number of aromatic nitrogens is 1. The Kier molecular flexibility index (Phi) is 5.32. The number of aromatic hydroxyl groups is 1. The van der Waals surface area contributed by atoms with Gasteiger partial charge in [0, 0.05) is 24.3 Å². The molecule has 3 heterocycles. The lowest BCUT2D eigenvalue weighted by Gasteiger charge is -2.59. The molecule has 2 bridgehead atoms. The molecule has 0 radical (unpaired) electrons.